The minimum atomic E-state index is -4.14. The van der Waals surface area contributed by atoms with Gasteiger partial charge in [-0.05, 0) is 48.9 Å². The summed E-state index contributed by atoms with van der Waals surface area (Å²) in [6.07, 6.45) is 0. The van der Waals surface area contributed by atoms with Crippen LogP contribution in [-0.4, -0.2) is 39.4 Å². The number of ether oxygens (including phenoxy) is 2. The Morgan fingerprint density at radius 3 is 2.34 bits per heavy atom. The van der Waals surface area contributed by atoms with Gasteiger partial charge in [-0.25, -0.2) is 12.8 Å². The van der Waals surface area contributed by atoms with Gasteiger partial charge in [0, 0.05) is 23.7 Å². The molecule has 10 heteroatoms. The molecule has 1 amide bonds. The maximum atomic E-state index is 14.5. The van der Waals surface area contributed by atoms with Crippen molar-refractivity contribution >= 4 is 27.5 Å². The van der Waals surface area contributed by atoms with E-state index < -0.39 is 34.8 Å². The Balaban J connectivity index is 1.83. The van der Waals surface area contributed by atoms with Crippen molar-refractivity contribution in [2.45, 2.75) is 24.9 Å². The van der Waals surface area contributed by atoms with E-state index in [2.05, 4.69) is 5.32 Å². The van der Waals surface area contributed by atoms with E-state index in [1.165, 1.54) is 44.6 Å². The van der Waals surface area contributed by atoms with Gasteiger partial charge in [-0.1, -0.05) is 41.4 Å². The molecular weight excluding hydrogens is 495 g/mol. The second-order valence-corrected chi connectivity index (χ2v) is 10.1. The summed E-state index contributed by atoms with van der Waals surface area (Å²) in [5.41, 5.74) is 1.58. The van der Waals surface area contributed by atoms with Crippen LogP contribution in [0.1, 0.15) is 16.7 Å². The van der Waals surface area contributed by atoms with Gasteiger partial charge in [0.15, 0.2) is 11.5 Å². The normalized spacial score (nSPS) is 11.4. The van der Waals surface area contributed by atoms with Crippen LogP contribution in [0.5, 0.6) is 11.5 Å². The topological polar surface area (TPSA) is 84.9 Å². The van der Waals surface area contributed by atoms with Gasteiger partial charge in [0.25, 0.3) is 0 Å². The average Bonchev–Trinajstić information content (AvgIpc) is 2.84. The minimum Gasteiger partial charge on any atom is -0.493 e. The molecule has 186 valence electrons. The molecule has 0 aliphatic carbocycles. The number of carbonyl (C=O) groups excluding carboxylic acids is 1. The number of nitrogens with one attached hydrogen (secondary N) is 1. The molecule has 3 aromatic carbocycles. The summed E-state index contributed by atoms with van der Waals surface area (Å²) in [6.45, 7) is 1.01. The smallest absolute Gasteiger partial charge is 0.243 e. The summed E-state index contributed by atoms with van der Waals surface area (Å²) in [5, 5.41) is 2.77. The van der Waals surface area contributed by atoms with Crippen molar-refractivity contribution in [1.29, 1.82) is 0 Å². The SMILES string of the molecule is COc1ccc(CNC(=O)CN(Cc2c(F)cccc2Cl)S(=O)(=O)c2ccc(C)cc2)cc1OC. The quantitative estimate of drug-likeness (QED) is 0.430. The van der Waals surface area contributed by atoms with Crippen molar-refractivity contribution in [3.63, 3.8) is 0 Å². The first-order valence-corrected chi connectivity index (χ1v) is 12.4. The first-order chi connectivity index (χ1) is 16.6. The number of carbonyl (C=O) groups is 1. The fourth-order valence-corrected chi connectivity index (χ4v) is 4.94. The van der Waals surface area contributed by atoms with Crippen LogP contribution in [0, 0.1) is 12.7 Å². The molecule has 0 bridgehead atoms. The zero-order valence-electron chi connectivity index (χ0n) is 19.5. The van der Waals surface area contributed by atoms with Crippen molar-refractivity contribution < 1.29 is 27.1 Å². The van der Waals surface area contributed by atoms with Crippen molar-refractivity contribution in [2.24, 2.45) is 0 Å². The number of amides is 1. The second kappa shape index (κ2) is 11.5. The van der Waals surface area contributed by atoms with E-state index in [0.29, 0.717) is 11.5 Å². The maximum Gasteiger partial charge on any atom is 0.243 e. The zero-order chi connectivity index (χ0) is 25.6. The van der Waals surface area contributed by atoms with Gasteiger partial charge < -0.3 is 14.8 Å². The van der Waals surface area contributed by atoms with Crippen molar-refractivity contribution in [3.8, 4) is 11.5 Å². The van der Waals surface area contributed by atoms with Crippen molar-refractivity contribution in [1.82, 2.24) is 9.62 Å². The van der Waals surface area contributed by atoms with Crippen LogP contribution < -0.4 is 14.8 Å². The van der Waals surface area contributed by atoms with Crippen LogP contribution in [0.3, 0.4) is 0 Å². The highest BCUT2D eigenvalue weighted by Crippen LogP contribution is 2.28. The van der Waals surface area contributed by atoms with Gasteiger partial charge in [0.05, 0.1) is 25.7 Å². The van der Waals surface area contributed by atoms with Crippen LogP contribution in [0.15, 0.2) is 65.6 Å². The van der Waals surface area contributed by atoms with E-state index in [1.54, 1.807) is 30.3 Å². The van der Waals surface area contributed by atoms with E-state index in [1.807, 2.05) is 6.92 Å². The second-order valence-electron chi connectivity index (χ2n) is 7.75. The third-order valence-corrected chi connectivity index (χ3v) is 7.47. The highest BCUT2D eigenvalue weighted by Gasteiger charge is 2.28. The summed E-state index contributed by atoms with van der Waals surface area (Å²) in [5.74, 6) is -0.188. The maximum absolute atomic E-state index is 14.5. The molecule has 0 aromatic heterocycles. The lowest BCUT2D eigenvalue weighted by Crippen LogP contribution is -2.40. The van der Waals surface area contributed by atoms with E-state index in [4.69, 9.17) is 21.1 Å². The van der Waals surface area contributed by atoms with E-state index in [-0.39, 0.29) is 22.0 Å². The Morgan fingerprint density at radius 1 is 1.03 bits per heavy atom. The van der Waals surface area contributed by atoms with Crippen molar-refractivity contribution in [3.05, 3.63) is 88.2 Å². The molecule has 1 N–H and O–H groups in total. The molecule has 0 spiro atoms. The Labute approximate surface area is 209 Å². The lowest BCUT2D eigenvalue weighted by molar-refractivity contribution is -0.121. The van der Waals surface area contributed by atoms with Crippen LogP contribution in [-0.2, 0) is 27.9 Å². The van der Waals surface area contributed by atoms with Gasteiger partial charge in [0.2, 0.25) is 15.9 Å². The van der Waals surface area contributed by atoms with Crippen LogP contribution >= 0.6 is 11.6 Å². The fourth-order valence-electron chi connectivity index (χ4n) is 3.35. The summed E-state index contributed by atoms with van der Waals surface area (Å²) < 4.78 is 52.6. The Bertz CT molecular complexity index is 1280. The highest BCUT2D eigenvalue weighted by molar-refractivity contribution is 7.89. The lowest BCUT2D eigenvalue weighted by atomic mass is 10.2. The van der Waals surface area contributed by atoms with E-state index in [0.717, 1.165) is 15.4 Å². The molecule has 3 aromatic rings. The predicted octanol–water partition coefficient (Wildman–Crippen LogP) is 4.31. The molecule has 0 saturated carbocycles. The molecule has 35 heavy (non-hydrogen) atoms. The number of aryl methyl sites for hydroxylation is 1. The molecule has 7 nitrogen and oxygen atoms in total. The standard InChI is InChI=1S/C25H26ClFN2O5S/c1-17-7-10-19(11-8-17)35(31,32)29(15-20-21(26)5-4-6-22(20)27)16-25(30)28-14-18-9-12-23(33-2)24(13-18)34-3/h4-13H,14-16H2,1-3H3,(H,28,30). The summed E-state index contributed by atoms with van der Waals surface area (Å²) in [7, 11) is -1.12. The van der Waals surface area contributed by atoms with Gasteiger partial charge >= 0.3 is 0 Å². The zero-order valence-corrected chi connectivity index (χ0v) is 21.1. The number of hydrogen-bond acceptors (Lipinski definition) is 5. The molecule has 0 heterocycles. The number of halogens is 2. The van der Waals surface area contributed by atoms with E-state index in [9.17, 15) is 17.6 Å². The number of sulfonamides is 1. The molecular formula is C25H26ClFN2O5S. The van der Waals surface area contributed by atoms with Gasteiger partial charge in [-0.2, -0.15) is 4.31 Å². The first-order valence-electron chi connectivity index (χ1n) is 10.6. The average molecular weight is 521 g/mol. The molecule has 0 aliphatic rings. The monoisotopic (exact) mass is 520 g/mol. The van der Waals surface area contributed by atoms with Crippen LogP contribution in [0.25, 0.3) is 0 Å². The summed E-state index contributed by atoms with van der Waals surface area (Å²) >= 11 is 6.14. The van der Waals surface area contributed by atoms with Crippen molar-refractivity contribution in [2.75, 3.05) is 20.8 Å². The number of hydrogen-bond donors (Lipinski definition) is 1. The molecule has 0 fully saturated rings. The van der Waals surface area contributed by atoms with E-state index >= 15 is 0 Å². The molecule has 0 aliphatic heterocycles. The predicted molar refractivity (Wildman–Crippen MR) is 132 cm³/mol. The molecule has 0 atom stereocenters. The van der Waals surface area contributed by atoms with Crippen LogP contribution in [0.2, 0.25) is 5.02 Å². The van der Waals surface area contributed by atoms with Gasteiger partial charge in [-0.3, -0.25) is 4.79 Å². The summed E-state index contributed by atoms with van der Waals surface area (Å²) in [4.78, 5) is 12.8. The largest absolute Gasteiger partial charge is 0.493 e. The molecule has 0 unspecified atom stereocenters. The van der Waals surface area contributed by atoms with Gasteiger partial charge in [0.1, 0.15) is 5.82 Å². The number of methoxy groups -OCH3 is 2. The molecule has 0 radical (unpaired) electrons. The number of benzene rings is 3. The number of rotatable bonds is 10. The fraction of sp³-hybridized carbons (Fsp3) is 0.240. The molecule has 0 saturated heterocycles. The lowest BCUT2D eigenvalue weighted by Gasteiger charge is -2.23. The van der Waals surface area contributed by atoms with Crippen LogP contribution in [0.4, 0.5) is 4.39 Å². The Kier molecular flexibility index (Phi) is 8.71. The Hall–Kier alpha value is -3.14. The summed E-state index contributed by atoms with van der Waals surface area (Å²) in [6, 6.07) is 15.4. The number of nitrogens with zero attached hydrogens (tertiary/aromatic N) is 1. The minimum absolute atomic E-state index is 0.0109. The highest BCUT2D eigenvalue weighted by atomic mass is 35.5. The van der Waals surface area contributed by atoms with Gasteiger partial charge in [-0.15, -0.1) is 0 Å². The third kappa shape index (κ3) is 6.50. The molecule has 3 rings (SSSR count). The third-order valence-electron chi connectivity index (χ3n) is 5.31. The Morgan fingerprint density at radius 2 is 1.71 bits per heavy atom. The first kappa shape index (κ1) is 26.5.